The van der Waals surface area contributed by atoms with Crippen LogP contribution in [-0.4, -0.2) is 16.7 Å². The van der Waals surface area contributed by atoms with Crippen LogP contribution in [-0.2, 0) is 4.79 Å². The molecule has 3 heteroatoms. The molecule has 0 aromatic heterocycles. The van der Waals surface area contributed by atoms with Crippen LogP contribution in [0.25, 0.3) is 0 Å². The summed E-state index contributed by atoms with van der Waals surface area (Å²) in [6.07, 6.45) is 1.85. The molecule has 0 bridgehead atoms. The second-order valence-electron chi connectivity index (χ2n) is 1.18. The molecule has 0 aliphatic rings. The van der Waals surface area contributed by atoms with Gasteiger partial charge in [-0.15, -0.1) is 0 Å². The van der Waals surface area contributed by atoms with E-state index in [2.05, 4.69) is 0 Å². The first-order valence-electron chi connectivity index (χ1n) is 1.90. The summed E-state index contributed by atoms with van der Waals surface area (Å²) in [5.41, 5.74) is 0. The molecule has 0 aliphatic carbocycles. The molecule has 0 heterocycles. The van der Waals surface area contributed by atoms with Crippen molar-refractivity contribution in [3.63, 3.8) is 0 Å². The van der Waals surface area contributed by atoms with Gasteiger partial charge in [-0.25, -0.2) is 0 Å². The minimum Gasteiger partial charge on any atom is -0.280 e. The number of hydrogen-bond acceptors (Lipinski definition) is 2. The number of carbonyl (C=O) groups is 1. The minimum absolute atomic E-state index is 0.0540. The molecule has 0 N–H and O–H groups in total. The van der Waals surface area contributed by atoms with Crippen molar-refractivity contribution in [1.82, 2.24) is 0 Å². The van der Waals surface area contributed by atoms with Gasteiger partial charge in [0.15, 0.2) is 0 Å². The topological polar surface area (TPSA) is 17.1 Å². The van der Waals surface area contributed by atoms with Crippen molar-refractivity contribution >= 4 is 28.6 Å². The van der Waals surface area contributed by atoms with Gasteiger partial charge in [-0.2, -0.15) is 11.8 Å². The third kappa shape index (κ3) is 2.94. The lowest BCUT2D eigenvalue weighted by Gasteiger charge is -1.95. The van der Waals surface area contributed by atoms with Gasteiger partial charge < -0.3 is 0 Å². The molecule has 0 amide bonds. The standard InChI is InChI=1S/C4H7ClOS/c1-3(7-2)4(5)6/h3H,1-2H3. The van der Waals surface area contributed by atoms with E-state index < -0.39 is 0 Å². The van der Waals surface area contributed by atoms with E-state index in [1.165, 1.54) is 11.8 Å². The van der Waals surface area contributed by atoms with E-state index in [0.717, 1.165) is 0 Å². The van der Waals surface area contributed by atoms with E-state index in [-0.39, 0.29) is 10.5 Å². The van der Waals surface area contributed by atoms with Crippen LogP contribution in [0.5, 0.6) is 0 Å². The molecule has 0 fully saturated rings. The fraction of sp³-hybridized carbons (Fsp3) is 0.750. The molecule has 1 nitrogen and oxygen atoms in total. The van der Waals surface area contributed by atoms with E-state index in [1.807, 2.05) is 6.26 Å². The van der Waals surface area contributed by atoms with Crippen molar-refractivity contribution in [3.05, 3.63) is 0 Å². The second-order valence-corrected chi connectivity index (χ2v) is 2.73. The molecule has 42 valence electrons. The van der Waals surface area contributed by atoms with E-state index in [1.54, 1.807) is 6.92 Å². The third-order valence-electron chi connectivity index (χ3n) is 0.673. The van der Waals surface area contributed by atoms with Gasteiger partial charge in [-0.1, -0.05) is 0 Å². The summed E-state index contributed by atoms with van der Waals surface area (Å²) < 4.78 is 0. The molecule has 0 aromatic rings. The average molecular weight is 139 g/mol. The maximum absolute atomic E-state index is 10.1. The Morgan fingerprint density at radius 3 is 2.29 bits per heavy atom. The van der Waals surface area contributed by atoms with Crippen molar-refractivity contribution in [2.75, 3.05) is 6.26 Å². The summed E-state index contributed by atoms with van der Waals surface area (Å²) >= 11 is 6.52. The number of thioether (sulfide) groups is 1. The lowest BCUT2D eigenvalue weighted by molar-refractivity contribution is -0.111. The molecule has 1 unspecified atom stereocenters. The Morgan fingerprint density at radius 2 is 2.29 bits per heavy atom. The highest BCUT2D eigenvalue weighted by Gasteiger charge is 2.04. The first-order valence-corrected chi connectivity index (χ1v) is 3.57. The van der Waals surface area contributed by atoms with Gasteiger partial charge >= 0.3 is 0 Å². The number of hydrogen-bond donors (Lipinski definition) is 0. The highest BCUT2D eigenvalue weighted by molar-refractivity contribution is 8.00. The summed E-state index contributed by atoms with van der Waals surface area (Å²) in [5, 5.41) is -0.325. The first-order chi connectivity index (χ1) is 3.18. The lowest BCUT2D eigenvalue weighted by Crippen LogP contribution is -2.03. The largest absolute Gasteiger partial charge is 0.280 e. The van der Waals surface area contributed by atoms with Gasteiger partial charge in [0.25, 0.3) is 0 Å². The minimum atomic E-state index is -0.271. The maximum Gasteiger partial charge on any atom is 0.234 e. The van der Waals surface area contributed by atoms with Gasteiger partial charge in [-0.05, 0) is 24.8 Å². The molecule has 7 heavy (non-hydrogen) atoms. The number of halogens is 1. The quantitative estimate of drug-likeness (QED) is 0.538. The lowest BCUT2D eigenvalue weighted by atomic mass is 10.5. The van der Waals surface area contributed by atoms with Crippen molar-refractivity contribution in [2.45, 2.75) is 12.2 Å². The van der Waals surface area contributed by atoms with Gasteiger partial charge in [-0.3, -0.25) is 4.79 Å². The molecule has 0 radical (unpaired) electrons. The molecule has 0 saturated carbocycles. The number of rotatable bonds is 2. The smallest absolute Gasteiger partial charge is 0.234 e. The summed E-state index contributed by atoms with van der Waals surface area (Å²) in [4.78, 5) is 10.1. The van der Waals surface area contributed by atoms with E-state index >= 15 is 0 Å². The van der Waals surface area contributed by atoms with Gasteiger partial charge in [0.1, 0.15) is 0 Å². The van der Waals surface area contributed by atoms with Crippen LogP contribution in [0.2, 0.25) is 0 Å². The molecular formula is C4H7ClOS. The van der Waals surface area contributed by atoms with Gasteiger partial charge in [0, 0.05) is 0 Å². The second kappa shape index (κ2) is 3.33. The van der Waals surface area contributed by atoms with Crippen LogP contribution in [0.15, 0.2) is 0 Å². The van der Waals surface area contributed by atoms with Gasteiger partial charge in [0.05, 0.1) is 5.25 Å². The Morgan fingerprint density at radius 1 is 1.86 bits per heavy atom. The summed E-state index contributed by atoms with van der Waals surface area (Å²) in [5.74, 6) is 0. The van der Waals surface area contributed by atoms with Crippen LogP contribution in [0.3, 0.4) is 0 Å². The van der Waals surface area contributed by atoms with Crippen molar-refractivity contribution in [1.29, 1.82) is 0 Å². The van der Waals surface area contributed by atoms with Crippen molar-refractivity contribution in [3.8, 4) is 0 Å². The SMILES string of the molecule is CSC(C)C(=O)Cl. The molecule has 0 aliphatic heterocycles. The predicted molar refractivity (Wildman–Crippen MR) is 33.8 cm³/mol. The van der Waals surface area contributed by atoms with Gasteiger partial charge in [0.2, 0.25) is 5.24 Å². The fourth-order valence-corrected chi connectivity index (χ4v) is 0.545. The van der Waals surface area contributed by atoms with Crippen LogP contribution in [0, 0.1) is 0 Å². The first kappa shape index (κ1) is 7.31. The average Bonchev–Trinajstić information content (AvgIpc) is 1.65. The van der Waals surface area contributed by atoms with E-state index in [4.69, 9.17) is 11.6 Å². The third-order valence-corrected chi connectivity index (χ3v) is 2.05. The zero-order chi connectivity index (χ0) is 5.86. The van der Waals surface area contributed by atoms with Crippen LogP contribution < -0.4 is 0 Å². The Balaban J connectivity index is 3.34. The Kier molecular flexibility index (Phi) is 3.48. The Labute approximate surface area is 52.4 Å². The highest BCUT2D eigenvalue weighted by Crippen LogP contribution is 2.07. The Bertz CT molecular complexity index is 74.1. The normalized spacial score (nSPS) is 13.6. The molecule has 0 spiro atoms. The van der Waals surface area contributed by atoms with E-state index in [9.17, 15) is 4.79 Å². The fourth-order valence-electron chi connectivity index (χ4n) is 0.0927. The Hall–Kier alpha value is 0.310. The van der Waals surface area contributed by atoms with Crippen molar-refractivity contribution in [2.24, 2.45) is 0 Å². The molecule has 0 rings (SSSR count). The zero-order valence-corrected chi connectivity index (χ0v) is 5.84. The molecule has 0 saturated heterocycles. The number of carbonyl (C=O) groups excluding carboxylic acids is 1. The molecule has 1 atom stereocenters. The van der Waals surface area contributed by atoms with Crippen LogP contribution >= 0.6 is 23.4 Å². The van der Waals surface area contributed by atoms with Crippen LogP contribution in [0.4, 0.5) is 0 Å². The van der Waals surface area contributed by atoms with Crippen LogP contribution in [0.1, 0.15) is 6.92 Å². The van der Waals surface area contributed by atoms with Crippen molar-refractivity contribution < 1.29 is 4.79 Å². The molecule has 0 aromatic carbocycles. The highest BCUT2D eigenvalue weighted by atomic mass is 35.5. The summed E-state index contributed by atoms with van der Waals surface area (Å²) in [6.45, 7) is 1.78. The monoisotopic (exact) mass is 138 g/mol. The zero-order valence-electron chi connectivity index (χ0n) is 4.27. The predicted octanol–water partition coefficient (Wildman–Crippen LogP) is 1.50. The maximum atomic E-state index is 10.1. The summed E-state index contributed by atoms with van der Waals surface area (Å²) in [6, 6.07) is 0. The van der Waals surface area contributed by atoms with E-state index in [0.29, 0.717) is 0 Å². The summed E-state index contributed by atoms with van der Waals surface area (Å²) in [7, 11) is 0. The molecular weight excluding hydrogens is 132 g/mol.